The lowest BCUT2D eigenvalue weighted by Gasteiger charge is -2.13. The van der Waals surface area contributed by atoms with E-state index in [1.54, 1.807) is 0 Å². The highest BCUT2D eigenvalue weighted by Gasteiger charge is 2.26. The first-order valence-corrected chi connectivity index (χ1v) is 7.04. The Labute approximate surface area is 113 Å². The summed E-state index contributed by atoms with van der Waals surface area (Å²) in [7, 11) is 0. The zero-order valence-electron chi connectivity index (χ0n) is 11.5. The maximum atomic E-state index is 14.1. The van der Waals surface area contributed by atoms with Crippen molar-refractivity contribution >= 4 is 16.6 Å². The highest BCUT2D eigenvalue weighted by atomic mass is 19.1. The fraction of sp³-hybridized carbons (Fsp3) is 0.438. The number of nitrogens with zero attached hydrogens (tertiary/aromatic N) is 1. The maximum absolute atomic E-state index is 14.1. The van der Waals surface area contributed by atoms with Gasteiger partial charge in [-0.15, -0.1) is 0 Å². The molecular formula is C16H19FN2. The molecule has 1 aromatic carbocycles. The molecule has 0 saturated heterocycles. The van der Waals surface area contributed by atoms with Crippen LogP contribution < -0.4 is 5.32 Å². The molecule has 2 aromatic rings. The van der Waals surface area contributed by atoms with Gasteiger partial charge in [0.25, 0.3) is 0 Å². The van der Waals surface area contributed by atoms with Gasteiger partial charge in [0, 0.05) is 23.8 Å². The van der Waals surface area contributed by atoms with E-state index in [4.69, 9.17) is 0 Å². The lowest BCUT2D eigenvalue weighted by Crippen LogP contribution is -2.04. The molecule has 3 rings (SSSR count). The van der Waals surface area contributed by atoms with Crippen molar-refractivity contribution in [1.82, 2.24) is 4.98 Å². The van der Waals surface area contributed by atoms with E-state index >= 15 is 0 Å². The van der Waals surface area contributed by atoms with Crippen molar-refractivity contribution in [1.29, 1.82) is 0 Å². The quantitative estimate of drug-likeness (QED) is 0.880. The number of pyridine rings is 1. The fourth-order valence-corrected chi connectivity index (χ4v) is 2.44. The van der Waals surface area contributed by atoms with Gasteiger partial charge in [0.05, 0.1) is 10.9 Å². The third kappa shape index (κ3) is 2.29. The molecule has 1 heterocycles. The van der Waals surface area contributed by atoms with Crippen molar-refractivity contribution in [3.05, 3.63) is 35.3 Å². The average Bonchev–Trinajstić information content (AvgIpc) is 3.24. The third-order valence-corrected chi connectivity index (χ3v) is 3.69. The molecule has 1 N–H and O–H groups in total. The fourth-order valence-electron chi connectivity index (χ4n) is 2.44. The van der Waals surface area contributed by atoms with Crippen LogP contribution in [-0.2, 0) is 0 Å². The van der Waals surface area contributed by atoms with E-state index in [1.165, 1.54) is 18.9 Å². The summed E-state index contributed by atoms with van der Waals surface area (Å²) in [4.78, 5) is 4.69. The van der Waals surface area contributed by atoms with Gasteiger partial charge in [-0.1, -0.05) is 13.0 Å². The van der Waals surface area contributed by atoms with Crippen LogP contribution in [0, 0.1) is 12.7 Å². The monoisotopic (exact) mass is 258 g/mol. The summed E-state index contributed by atoms with van der Waals surface area (Å²) in [6.45, 7) is 4.96. The Morgan fingerprint density at radius 1 is 1.37 bits per heavy atom. The molecule has 19 heavy (non-hydrogen) atoms. The molecule has 3 heteroatoms. The Hall–Kier alpha value is -1.64. The van der Waals surface area contributed by atoms with Gasteiger partial charge < -0.3 is 5.32 Å². The van der Waals surface area contributed by atoms with Gasteiger partial charge in [0.2, 0.25) is 0 Å². The molecule has 1 aromatic heterocycles. The van der Waals surface area contributed by atoms with Crippen LogP contribution in [0.1, 0.15) is 43.4 Å². The van der Waals surface area contributed by atoms with Gasteiger partial charge in [-0.3, -0.25) is 4.98 Å². The molecule has 0 atom stereocenters. The first-order chi connectivity index (χ1) is 9.20. The van der Waals surface area contributed by atoms with Crippen molar-refractivity contribution in [2.45, 2.75) is 39.0 Å². The Bertz CT molecular complexity index is 618. The number of fused-ring (bicyclic) bond motifs is 1. The number of halogens is 1. The van der Waals surface area contributed by atoms with Crippen LogP contribution in [0.3, 0.4) is 0 Å². The smallest absolute Gasteiger partial charge is 0.134 e. The van der Waals surface area contributed by atoms with Crippen LogP contribution in [0.4, 0.5) is 10.1 Å². The number of rotatable bonds is 4. The summed E-state index contributed by atoms with van der Waals surface area (Å²) in [5, 5.41) is 3.99. The van der Waals surface area contributed by atoms with E-state index in [2.05, 4.69) is 17.2 Å². The van der Waals surface area contributed by atoms with Crippen molar-refractivity contribution in [2.24, 2.45) is 0 Å². The molecule has 100 valence electrons. The second-order valence-electron chi connectivity index (χ2n) is 5.38. The summed E-state index contributed by atoms with van der Waals surface area (Å²) >= 11 is 0. The SMILES string of the molecule is CCCNc1cc(C2CC2)nc2c(C)ccc(F)c12. The normalized spacial score (nSPS) is 14.9. The van der Waals surface area contributed by atoms with Crippen LogP contribution in [0.25, 0.3) is 10.9 Å². The summed E-state index contributed by atoms with van der Waals surface area (Å²) in [6.07, 6.45) is 3.44. The van der Waals surface area contributed by atoms with Crippen molar-refractivity contribution in [2.75, 3.05) is 11.9 Å². The molecule has 0 spiro atoms. The van der Waals surface area contributed by atoms with Gasteiger partial charge in [-0.25, -0.2) is 4.39 Å². The van der Waals surface area contributed by atoms with Crippen molar-refractivity contribution in [3.8, 4) is 0 Å². The van der Waals surface area contributed by atoms with Crippen LogP contribution in [-0.4, -0.2) is 11.5 Å². The average molecular weight is 258 g/mol. The number of aromatic nitrogens is 1. The van der Waals surface area contributed by atoms with E-state index in [0.29, 0.717) is 11.3 Å². The molecule has 1 fully saturated rings. The number of nitrogens with one attached hydrogen (secondary N) is 1. The number of aryl methyl sites for hydroxylation is 1. The number of hydrogen-bond donors (Lipinski definition) is 1. The zero-order chi connectivity index (χ0) is 13.4. The standard InChI is InChI=1S/C16H19FN2/c1-3-8-18-14-9-13(11-5-6-11)19-16-10(2)4-7-12(17)15(14)16/h4,7,9,11H,3,5-6,8H2,1-2H3,(H,18,19). The van der Waals surface area contributed by atoms with Crippen LogP contribution >= 0.6 is 0 Å². The van der Waals surface area contributed by atoms with Crippen LogP contribution in [0.2, 0.25) is 0 Å². The van der Waals surface area contributed by atoms with E-state index < -0.39 is 0 Å². The molecule has 0 aliphatic heterocycles. The Balaban J connectivity index is 2.20. The van der Waals surface area contributed by atoms with Gasteiger partial charge in [0.15, 0.2) is 0 Å². The van der Waals surface area contributed by atoms with E-state index in [1.807, 2.05) is 19.1 Å². The Morgan fingerprint density at radius 3 is 2.84 bits per heavy atom. The largest absolute Gasteiger partial charge is 0.384 e. The Kier molecular flexibility index (Phi) is 3.13. The first-order valence-electron chi connectivity index (χ1n) is 7.04. The van der Waals surface area contributed by atoms with E-state index in [-0.39, 0.29) is 5.82 Å². The lowest BCUT2D eigenvalue weighted by molar-refractivity contribution is 0.639. The predicted octanol–water partition coefficient (Wildman–Crippen LogP) is 4.38. The molecule has 2 nitrogen and oxygen atoms in total. The van der Waals surface area contributed by atoms with Gasteiger partial charge in [-0.2, -0.15) is 0 Å². The highest BCUT2D eigenvalue weighted by molar-refractivity contribution is 5.94. The molecule has 1 saturated carbocycles. The topological polar surface area (TPSA) is 24.9 Å². The Morgan fingerprint density at radius 2 is 2.16 bits per heavy atom. The molecule has 0 bridgehead atoms. The lowest BCUT2D eigenvalue weighted by atomic mass is 10.1. The summed E-state index contributed by atoms with van der Waals surface area (Å²) in [6, 6.07) is 5.39. The van der Waals surface area contributed by atoms with Crippen LogP contribution in [0.15, 0.2) is 18.2 Å². The molecule has 1 aliphatic carbocycles. The molecule has 0 unspecified atom stereocenters. The molecule has 1 aliphatic rings. The van der Waals surface area contributed by atoms with Crippen molar-refractivity contribution in [3.63, 3.8) is 0 Å². The summed E-state index contributed by atoms with van der Waals surface area (Å²) in [5.74, 6) is 0.392. The minimum absolute atomic E-state index is 0.186. The predicted molar refractivity (Wildman–Crippen MR) is 77.2 cm³/mol. The summed E-state index contributed by atoms with van der Waals surface area (Å²) in [5.41, 5.74) is 3.86. The number of anilines is 1. The van der Waals surface area contributed by atoms with E-state index in [0.717, 1.165) is 35.4 Å². The molecule has 0 amide bonds. The third-order valence-electron chi connectivity index (χ3n) is 3.69. The highest BCUT2D eigenvalue weighted by Crippen LogP contribution is 2.41. The van der Waals surface area contributed by atoms with Crippen molar-refractivity contribution < 1.29 is 4.39 Å². The van der Waals surface area contributed by atoms with E-state index in [9.17, 15) is 4.39 Å². The number of benzene rings is 1. The number of hydrogen-bond acceptors (Lipinski definition) is 2. The maximum Gasteiger partial charge on any atom is 0.134 e. The molecule has 0 radical (unpaired) electrons. The second kappa shape index (κ2) is 4.80. The molecular weight excluding hydrogens is 239 g/mol. The minimum atomic E-state index is -0.186. The first kappa shape index (κ1) is 12.4. The van der Waals surface area contributed by atoms with Gasteiger partial charge >= 0.3 is 0 Å². The van der Waals surface area contributed by atoms with Gasteiger partial charge in [-0.05, 0) is 43.9 Å². The zero-order valence-corrected chi connectivity index (χ0v) is 11.5. The van der Waals surface area contributed by atoms with Crippen LogP contribution in [0.5, 0.6) is 0 Å². The summed E-state index contributed by atoms with van der Waals surface area (Å²) < 4.78 is 14.1. The van der Waals surface area contributed by atoms with Gasteiger partial charge in [0.1, 0.15) is 5.82 Å². The second-order valence-corrected chi connectivity index (χ2v) is 5.38. The minimum Gasteiger partial charge on any atom is -0.384 e.